The molecule has 0 spiro atoms. The van der Waals surface area contributed by atoms with Crippen LogP contribution in [0.3, 0.4) is 0 Å². The van der Waals surface area contributed by atoms with Crippen molar-refractivity contribution in [3.05, 3.63) is 126 Å². The number of benzene rings is 3. The molecule has 0 aliphatic heterocycles. The minimum absolute atomic E-state index is 0.0223. The number of aromatic nitrogens is 2. The molecule has 0 radical (unpaired) electrons. The summed E-state index contributed by atoms with van der Waals surface area (Å²) in [6.45, 7) is 5.70. The van der Waals surface area contributed by atoms with E-state index in [1.807, 2.05) is 0 Å². The van der Waals surface area contributed by atoms with Crippen molar-refractivity contribution < 1.29 is 4.57 Å². The molecular formula is C38H51N2+. The van der Waals surface area contributed by atoms with E-state index in [4.69, 9.17) is 0 Å². The van der Waals surface area contributed by atoms with Gasteiger partial charge in [0.05, 0.1) is 0 Å². The third-order valence-corrected chi connectivity index (χ3v) is 8.69. The molecule has 1 heterocycles. The molecule has 2 atom stereocenters. The molecule has 0 amide bonds. The molecule has 2 unspecified atom stereocenters. The first kappa shape index (κ1) is 29.8. The normalized spacial score (nSPS) is 13.7. The second kappa shape index (κ2) is 16.2. The Morgan fingerprint density at radius 1 is 0.650 bits per heavy atom. The van der Waals surface area contributed by atoms with E-state index < -0.39 is 0 Å². The molecule has 0 fully saturated rings. The van der Waals surface area contributed by atoms with Crippen LogP contribution in [-0.4, -0.2) is 4.57 Å². The first-order valence-corrected chi connectivity index (χ1v) is 15.9. The Kier molecular flexibility index (Phi) is 12.1. The lowest BCUT2D eigenvalue weighted by Crippen LogP contribution is -2.38. The Labute approximate surface area is 244 Å². The largest absolute Gasteiger partial charge is 0.244 e. The van der Waals surface area contributed by atoms with E-state index in [0.29, 0.717) is 6.04 Å². The lowest BCUT2D eigenvalue weighted by molar-refractivity contribution is -0.688. The SMILES string of the molecule is CCCCCCCCCCCCC(n1cc[n+](Cc2ccccc2)c1)C(C)(Cc1ccccc1)c1ccccc1. The molecule has 0 aliphatic carbocycles. The Bertz CT molecular complexity index is 1200. The van der Waals surface area contributed by atoms with Gasteiger partial charge in [-0.25, -0.2) is 9.13 Å². The molecule has 1 aromatic heterocycles. The minimum atomic E-state index is -0.0223. The number of hydrogen-bond donors (Lipinski definition) is 0. The average Bonchev–Trinajstić information content (AvgIpc) is 3.45. The topological polar surface area (TPSA) is 8.81 Å². The van der Waals surface area contributed by atoms with Crippen LogP contribution in [-0.2, 0) is 18.4 Å². The standard InChI is InChI=1S/C38H51N2/c1-3-4-5-6-7-8-9-10-11-21-28-37(40-30-29-39(33-40)32-35-24-17-13-18-25-35)38(2,36-26-19-14-20-27-36)31-34-22-15-12-16-23-34/h12-20,22-27,29-30,33,37H,3-11,21,28,31-32H2,1-2H3/q+1. The molecule has 0 bridgehead atoms. The Morgan fingerprint density at radius 3 is 1.77 bits per heavy atom. The van der Waals surface area contributed by atoms with Crippen molar-refractivity contribution in [2.24, 2.45) is 0 Å². The highest BCUT2D eigenvalue weighted by molar-refractivity contribution is 5.31. The maximum Gasteiger partial charge on any atom is 0.244 e. The van der Waals surface area contributed by atoms with E-state index in [1.165, 1.54) is 87.3 Å². The number of nitrogens with zero attached hydrogens (tertiary/aromatic N) is 2. The van der Waals surface area contributed by atoms with Crippen molar-refractivity contribution >= 4 is 0 Å². The molecule has 4 rings (SSSR count). The summed E-state index contributed by atoms with van der Waals surface area (Å²) < 4.78 is 4.86. The van der Waals surface area contributed by atoms with Crippen molar-refractivity contribution in [2.45, 2.75) is 109 Å². The van der Waals surface area contributed by atoms with Crippen LogP contribution in [0.4, 0.5) is 0 Å². The van der Waals surface area contributed by atoms with Gasteiger partial charge in [0.2, 0.25) is 6.33 Å². The second-order valence-electron chi connectivity index (χ2n) is 12.0. The summed E-state index contributed by atoms with van der Waals surface area (Å²) in [4.78, 5) is 0. The first-order chi connectivity index (χ1) is 19.7. The fourth-order valence-corrected chi connectivity index (χ4v) is 6.36. The third-order valence-electron chi connectivity index (χ3n) is 8.69. The highest BCUT2D eigenvalue weighted by Crippen LogP contribution is 2.41. The van der Waals surface area contributed by atoms with Crippen LogP contribution in [0, 0.1) is 0 Å². The lowest BCUT2D eigenvalue weighted by Gasteiger charge is -2.37. The molecule has 0 N–H and O–H groups in total. The molecule has 2 heteroatoms. The van der Waals surface area contributed by atoms with E-state index >= 15 is 0 Å². The van der Waals surface area contributed by atoms with Crippen molar-refractivity contribution in [3.63, 3.8) is 0 Å². The predicted octanol–water partition coefficient (Wildman–Crippen LogP) is 9.88. The van der Waals surface area contributed by atoms with Gasteiger partial charge in [0.15, 0.2) is 0 Å². The number of rotatable bonds is 18. The van der Waals surface area contributed by atoms with Crippen molar-refractivity contribution in [1.82, 2.24) is 4.57 Å². The highest BCUT2D eigenvalue weighted by atomic mass is 15.1. The molecule has 4 aromatic rings. The van der Waals surface area contributed by atoms with E-state index in [-0.39, 0.29) is 5.41 Å². The lowest BCUT2D eigenvalue weighted by atomic mass is 9.70. The van der Waals surface area contributed by atoms with Gasteiger partial charge in [-0.1, -0.05) is 163 Å². The summed E-state index contributed by atoms with van der Waals surface area (Å²) in [6, 6.07) is 33.5. The summed E-state index contributed by atoms with van der Waals surface area (Å²) >= 11 is 0. The van der Waals surface area contributed by atoms with Crippen LogP contribution in [0.2, 0.25) is 0 Å². The Morgan fingerprint density at radius 2 is 1.18 bits per heavy atom. The zero-order chi connectivity index (χ0) is 27.9. The van der Waals surface area contributed by atoms with Gasteiger partial charge in [0, 0.05) is 5.41 Å². The molecule has 3 aromatic carbocycles. The van der Waals surface area contributed by atoms with E-state index in [9.17, 15) is 0 Å². The quantitative estimate of drug-likeness (QED) is 0.0885. The molecule has 212 valence electrons. The fraction of sp³-hybridized carbons (Fsp3) is 0.447. The average molecular weight is 536 g/mol. The molecule has 40 heavy (non-hydrogen) atoms. The predicted molar refractivity (Wildman–Crippen MR) is 170 cm³/mol. The second-order valence-corrected chi connectivity index (χ2v) is 12.0. The van der Waals surface area contributed by atoms with Crippen LogP contribution in [0.15, 0.2) is 110 Å². The van der Waals surface area contributed by atoms with Crippen LogP contribution >= 0.6 is 0 Å². The Hall–Kier alpha value is -3.13. The maximum atomic E-state index is 2.52. The van der Waals surface area contributed by atoms with Gasteiger partial charge in [-0.3, -0.25) is 0 Å². The third kappa shape index (κ3) is 8.95. The zero-order valence-corrected chi connectivity index (χ0v) is 25.1. The van der Waals surface area contributed by atoms with Gasteiger partial charge in [-0.2, -0.15) is 0 Å². The molecule has 0 saturated carbocycles. The van der Waals surface area contributed by atoms with Crippen molar-refractivity contribution in [1.29, 1.82) is 0 Å². The monoisotopic (exact) mass is 535 g/mol. The van der Waals surface area contributed by atoms with Crippen molar-refractivity contribution in [2.75, 3.05) is 0 Å². The van der Waals surface area contributed by atoms with Gasteiger partial charge < -0.3 is 0 Å². The van der Waals surface area contributed by atoms with Crippen LogP contribution in [0.25, 0.3) is 0 Å². The summed E-state index contributed by atoms with van der Waals surface area (Å²) in [5, 5.41) is 0. The molecule has 0 saturated heterocycles. The maximum absolute atomic E-state index is 2.52. The Balaban J connectivity index is 1.50. The zero-order valence-electron chi connectivity index (χ0n) is 25.1. The number of imidazole rings is 1. The molecule has 2 nitrogen and oxygen atoms in total. The smallest absolute Gasteiger partial charge is 0.233 e. The minimum Gasteiger partial charge on any atom is -0.233 e. The van der Waals surface area contributed by atoms with Crippen LogP contribution < -0.4 is 4.57 Å². The fourth-order valence-electron chi connectivity index (χ4n) is 6.36. The van der Waals surface area contributed by atoms with E-state index in [0.717, 1.165) is 13.0 Å². The van der Waals surface area contributed by atoms with Gasteiger partial charge >= 0.3 is 0 Å². The highest BCUT2D eigenvalue weighted by Gasteiger charge is 2.40. The van der Waals surface area contributed by atoms with Gasteiger partial charge in [0.1, 0.15) is 25.0 Å². The first-order valence-electron chi connectivity index (χ1n) is 15.9. The molecule has 0 aliphatic rings. The van der Waals surface area contributed by atoms with Crippen LogP contribution in [0.5, 0.6) is 0 Å². The number of hydrogen-bond acceptors (Lipinski definition) is 0. The summed E-state index contributed by atoms with van der Waals surface area (Å²) in [5.74, 6) is 0. The van der Waals surface area contributed by atoms with Gasteiger partial charge in [0.25, 0.3) is 0 Å². The summed E-state index contributed by atoms with van der Waals surface area (Å²) in [5.41, 5.74) is 4.16. The van der Waals surface area contributed by atoms with Gasteiger partial charge in [-0.15, -0.1) is 0 Å². The summed E-state index contributed by atoms with van der Waals surface area (Å²) in [7, 11) is 0. The van der Waals surface area contributed by atoms with E-state index in [2.05, 4.69) is 133 Å². The van der Waals surface area contributed by atoms with Crippen molar-refractivity contribution in [3.8, 4) is 0 Å². The van der Waals surface area contributed by atoms with E-state index in [1.54, 1.807) is 0 Å². The molecular weight excluding hydrogens is 484 g/mol. The van der Waals surface area contributed by atoms with Crippen LogP contribution in [0.1, 0.15) is 107 Å². The van der Waals surface area contributed by atoms with Gasteiger partial charge in [-0.05, 0) is 36.0 Å². The number of unbranched alkanes of at least 4 members (excludes halogenated alkanes) is 9. The summed E-state index contributed by atoms with van der Waals surface area (Å²) in [6.07, 6.45) is 22.9.